The predicted octanol–water partition coefficient (Wildman–Crippen LogP) is -0.371. The molecule has 6 heteroatoms. The van der Waals surface area contributed by atoms with Crippen LogP contribution in [0.15, 0.2) is 0 Å². The molecule has 2 unspecified atom stereocenters. The van der Waals surface area contributed by atoms with Crippen molar-refractivity contribution in [2.75, 3.05) is 26.2 Å². The third-order valence-corrected chi connectivity index (χ3v) is 3.34. The molecule has 2 atom stereocenters. The molecule has 6 nitrogen and oxygen atoms in total. The van der Waals surface area contributed by atoms with Crippen molar-refractivity contribution in [3.05, 3.63) is 0 Å². The maximum Gasteiger partial charge on any atom is 0.239 e. The molecule has 1 aliphatic heterocycles. The molecule has 0 aromatic rings. The van der Waals surface area contributed by atoms with Crippen LogP contribution in [0.5, 0.6) is 0 Å². The van der Waals surface area contributed by atoms with Crippen molar-refractivity contribution in [2.45, 2.75) is 32.8 Å². The normalized spacial score (nSPS) is 23.2. The van der Waals surface area contributed by atoms with Gasteiger partial charge in [-0.1, -0.05) is 13.8 Å². The van der Waals surface area contributed by atoms with E-state index in [1.807, 2.05) is 0 Å². The zero-order valence-electron chi connectivity index (χ0n) is 11.8. The molecule has 1 fully saturated rings. The fraction of sp³-hybridized carbons (Fsp3) is 0.846. The molecule has 1 rings (SSSR count). The van der Waals surface area contributed by atoms with Crippen LogP contribution >= 0.6 is 0 Å². The van der Waals surface area contributed by atoms with Crippen molar-refractivity contribution >= 4 is 11.8 Å². The molecule has 110 valence electrons. The Morgan fingerprint density at radius 3 is 2.68 bits per heavy atom. The molecule has 1 heterocycles. The van der Waals surface area contributed by atoms with E-state index in [-0.39, 0.29) is 31.0 Å². The Morgan fingerprint density at radius 2 is 2.05 bits per heavy atom. The summed E-state index contributed by atoms with van der Waals surface area (Å²) in [6.45, 7) is 5.55. The van der Waals surface area contributed by atoms with Crippen molar-refractivity contribution < 1.29 is 14.3 Å². The molecule has 0 spiro atoms. The van der Waals surface area contributed by atoms with Gasteiger partial charge in [-0.15, -0.1) is 0 Å². The topological polar surface area (TPSA) is 93.5 Å². The van der Waals surface area contributed by atoms with Gasteiger partial charge in [-0.2, -0.15) is 0 Å². The highest BCUT2D eigenvalue weighted by atomic mass is 16.5. The summed E-state index contributed by atoms with van der Waals surface area (Å²) in [7, 11) is 0. The molecule has 19 heavy (non-hydrogen) atoms. The van der Waals surface area contributed by atoms with E-state index in [0.717, 1.165) is 19.4 Å². The Labute approximate surface area is 114 Å². The number of hydrogen-bond acceptors (Lipinski definition) is 4. The summed E-state index contributed by atoms with van der Waals surface area (Å²) in [6, 6.07) is 0. The quantitative estimate of drug-likeness (QED) is 0.614. The summed E-state index contributed by atoms with van der Waals surface area (Å²) in [5, 5.41) is 5.29. The van der Waals surface area contributed by atoms with E-state index in [2.05, 4.69) is 24.5 Å². The molecular formula is C13H25N3O3. The monoisotopic (exact) mass is 271 g/mol. The van der Waals surface area contributed by atoms with Crippen molar-refractivity contribution in [2.24, 2.45) is 17.6 Å². The van der Waals surface area contributed by atoms with Gasteiger partial charge in [0, 0.05) is 19.1 Å². The van der Waals surface area contributed by atoms with Gasteiger partial charge in [0.15, 0.2) is 0 Å². The molecule has 1 aliphatic rings. The first kappa shape index (κ1) is 15.9. The molecule has 0 aromatic carbocycles. The maximum absolute atomic E-state index is 11.6. The van der Waals surface area contributed by atoms with E-state index in [1.165, 1.54) is 0 Å². The predicted molar refractivity (Wildman–Crippen MR) is 72.4 cm³/mol. The highest BCUT2D eigenvalue weighted by Crippen LogP contribution is 2.25. The summed E-state index contributed by atoms with van der Waals surface area (Å²) in [5.41, 5.74) is 5.14. The summed E-state index contributed by atoms with van der Waals surface area (Å²) in [5.74, 6) is 0.285. The van der Waals surface area contributed by atoms with Crippen molar-refractivity contribution in [3.8, 4) is 0 Å². The minimum atomic E-state index is -0.323. The van der Waals surface area contributed by atoms with Gasteiger partial charge in [0.25, 0.3) is 0 Å². The SMILES string of the molecule is CC(C)C1OCCCC1CNC(=O)CNC(=O)CN. The fourth-order valence-electron chi connectivity index (χ4n) is 2.38. The second-order valence-corrected chi connectivity index (χ2v) is 5.27. The largest absolute Gasteiger partial charge is 0.378 e. The highest BCUT2D eigenvalue weighted by molar-refractivity contribution is 5.85. The molecule has 1 saturated heterocycles. The van der Waals surface area contributed by atoms with E-state index in [9.17, 15) is 9.59 Å². The molecule has 4 N–H and O–H groups in total. The van der Waals surface area contributed by atoms with E-state index >= 15 is 0 Å². The van der Waals surface area contributed by atoms with E-state index in [4.69, 9.17) is 10.5 Å². The number of rotatable bonds is 6. The first-order chi connectivity index (χ1) is 9.04. The van der Waals surface area contributed by atoms with Crippen LogP contribution in [0.1, 0.15) is 26.7 Å². The molecular weight excluding hydrogens is 246 g/mol. The van der Waals surface area contributed by atoms with Crippen molar-refractivity contribution in [1.29, 1.82) is 0 Å². The number of ether oxygens (including phenoxy) is 1. The Balaban J connectivity index is 2.29. The Bertz CT molecular complexity index is 308. The van der Waals surface area contributed by atoms with Crippen molar-refractivity contribution in [3.63, 3.8) is 0 Å². The van der Waals surface area contributed by atoms with Gasteiger partial charge in [-0.3, -0.25) is 9.59 Å². The average Bonchev–Trinajstić information content (AvgIpc) is 2.42. The van der Waals surface area contributed by atoms with Crippen LogP contribution in [0, 0.1) is 11.8 Å². The van der Waals surface area contributed by atoms with Gasteiger partial charge < -0.3 is 21.1 Å². The van der Waals surface area contributed by atoms with Gasteiger partial charge in [-0.25, -0.2) is 0 Å². The molecule has 0 radical (unpaired) electrons. The molecule has 0 aliphatic carbocycles. The first-order valence-corrected chi connectivity index (χ1v) is 6.89. The third-order valence-electron chi connectivity index (χ3n) is 3.34. The lowest BCUT2D eigenvalue weighted by atomic mass is 9.87. The maximum atomic E-state index is 11.6. The first-order valence-electron chi connectivity index (χ1n) is 6.89. The van der Waals surface area contributed by atoms with E-state index in [1.54, 1.807) is 0 Å². The number of nitrogens with two attached hydrogens (primary N) is 1. The molecule has 0 saturated carbocycles. The van der Waals surface area contributed by atoms with Gasteiger partial charge >= 0.3 is 0 Å². The second-order valence-electron chi connectivity index (χ2n) is 5.27. The standard InChI is InChI=1S/C13H25N3O3/c1-9(2)13-10(4-3-5-19-13)7-15-12(18)8-16-11(17)6-14/h9-10,13H,3-8,14H2,1-2H3,(H,15,18)(H,16,17). The van der Waals surface area contributed by atoms with Crippen LogP contribution in [0.2, 0.25) is 0 Å². The fourth-order valence-corrected chi connectivity index (χ4v) is 2.38. The van der Waals surface area contributed by atoms with E-state index < -0.39 is 0 Å². The Hall–Kier alpha value is -1.14. The average molecular weight is 271 g/mol. The van der Waals surface area contributed by atoms with Crippen molar-refractivity contribution in [1.82, 2.24) is 10.6 Å². The van der Waals surface area contributed by atoms with Crippen LogP contribution in [0.4, 0.5) is 0 Å². The minimum absolute atomic E-state index is 0.0179. The smallest absolute Gasteiger partial charge is 0.239 e. The number of carbonyl (C=O) groups excluding carboxylic acids is 2. The minimum Gasteiger partial charge on any atom is -0.378 e. The number of carbonyl (C=O) groups is 2. The zero-order valence-corrected chi connectivity index (χ0v) is 11.8. The van der Waals surface area contributed by atoms with E-state index in [0.29, 0.717) is 18.4 Å². The Morgan fingerprint density at radius 1 is 1.32 bits per heavy atom. The molecule has 2 amide bonds. The van der Waals surface area contributed by atoms with Gasteiger partial charge in [0.2, 0.25) is 11.8 Å². The third kappa shape index (κ3) is 5.57. The van der Waals surface area contributed by atoms with Gasteiger partial charge in [-0.05, 0) is 18.8 Å². The summed E-state index contributed by atoms with van der Waals surface area (Å²) < 4.78 is 5.76. The lowest BCUT2D eigenvalue weighted by Crippen LogP contribution is -2.44. The second kappa shape index (κ2) is 8.12. The van der Waals surface area contributed by atoms with Crippen LogP contribution < -0.4 is 16.4 Å². The van der Waals surface area contributed by atoms with Crippen LogP contribution in [-0.4, -0.2) is 44.2 Å². The molecule has 0 bridgehead atoms. The summed E-state index contributed by atoms with van der Waals surface area (Å²) in [6.07, 6.45) is 2.30. The van der Waals surface area contributed by atoms with Crippen LogP contribution in [-0.2, 0) is 14.3 Å². The Kier molecular flexibility index (Phi) is 6.80. The summed E-state index contributed by atoms with van der Waals surface area (Å²) in [4.78, 5) is 22.5. The van der Waals surface area contributed by atoms with Crippen LogP contribution in [0.3, 0.4) is 0 Å². The molecule has 0 aromatic heterocycles. The lowest BCUT2D eigenvalue weighted by Gasteiger charge is -2.34. The highest BCUT2D eigenvalue weighted by Gasteiger charge is 2.28. The van der Waals surface area contributed by atoms with Crippen LogP contribution in [0.25, 0.3) is 0 Å². The van der Waals surface area contributed by atoms with Gasteiger partial charge in [0.1, 0.15) is 0 Å². The zero-order chi connectivity index (χ0) is 14.3. The summed E-state index contributed by atoms with van der Waals surface area (Å²) >= 11 is 0. The number of nitrogens with one attached hydrogen (secondary N) is 2. The number of hydrogen-bond donors (Lipinski definition) is 3. The lowest BCUT2D eigenvalue weighted by molar-refractivity contribution is -0.125. The number of amides is 2. The van der Waals surface area contributed by atoms with Gasteiger partial charge in [0.05, 0.1) is 19.2 Å².